The zero-order chi connectivity index (χ0) is 12.6. The Morgan fingerprint density at radius 2 is 1.76 bits per heavy atom. The van der Waals surface area contributed by atoms with Crippen molar-refractivity contribution in [3.05, 3.63) is 41.7 Å². The van der Waals surface area contributed by atoms with E-state index < -0.39 is 11.9 Å². The number of anilines is 1. The molecule has 2 rings (SSSR count). The Kier molecular flexibility index (Phi) is 2.57. The van der Waals surface area contributed by atoms with Crippen molar-refractivity contribution in [3.8, 4) is 5.69 Å². The maximum absolute atomic E-state index is 12.8. The number of nitrogens with two attached hydrogens (primary N) is 1. The van der Waals surface area contributed by atoms with Gasteiger partial charge < -0.3 is 5.73 Å². The molecule has 90 valence electrons. The lowest BCUT2D eigenvalue weighted by molar-refractivity contribution is -0.142. The second-order valence-corrected chi connectivity index (χ2v) is 3.69. The molecule has 0 saturated heterocycles. The number of nitrogens with zero attached hydrogens (tertiary/aromatic N) is 2. The van der Waals surface area contributed by atoms with Crippen LogP contribution in [0.4, 0.5) is 18.9 Å². The molecule has 0 amide bonds. The van der Waals surface area contributed by atoms with Crippen LogP contribution in [0.15, 0.2) is 30.5 Å². The second kappa shape index (κ2) is 3.80. The molecule has 1 aromatic heterocycles. The quantitative estimate of drug-likeness (QED) is 0.834. The molecule has 0 aliphatic rings. The van der Waals surface area contributed by atoms with E-state index in [0.29, 0.717) is 5.69 Å². The van der Waals surface area contributed by atoms with Gasteiger partial charge in [0.25, 0.3) is 0 Å². The largest absolute Gasteiger partial charge is 0.435 e. The Morgan fingerprint density at radius 1 is 1.18 bits per heavy atom. The van der Waals surface area contributed by atoms with E-state index in [1.54, 1.807) is 24.3 Å². The summed E-state index contributed by atoms with van der Waals surface area (Å²) in [7, 11) is 0. The number of halogens is 3. The van der Waals surface area contributed by atoms with Crippen molar-refractivity contribution in [3.63, 3.8) is 0 Å². The number of rotatable bonds is 1. The fraction of sp³-hybridized carbons (Fsp3) is 0.182. The maximum atomic E-state index is 12.8. The van der Waals surface area contributed by atoms with Gasteiger partial charge in [-0.2, -0.15) is 18.3 Å². The molecule has 6 heteroatoms. The van der Waals surface area contributed by atoms with Crippen molar-refractivity contribution in [2.75, 3.05) is 5.73 Å². The van der Waals surface area contributed by atoms with Gasteiger partial charge in [-0.3, -0.25) is 0 Å². The van der Waals surface area contributed by atoms with Gasteiger partial charge in [0, 0.05) is 0 Å². The standard InChI is InChI=1S/C11H10F3N3/c1-7-2-4-8(5-3-7)17-10(11(12,13)14)9(15)6-16-17/h2-6H,15H2,1H3. The molecule has 0 fully saturated rings. The van der Waals surface area contributed by atoms with E-state index in [-0.39, 0.29) is 5.69 Å². The highest BCUT2D eigenvalue weighted by molar-refractivity contribution is 5.47. The lowest BCUT2D eigenvalue weighted by Crippen LogP contribution is -2.15. The summed E-state index contributed by atoms with van der Waals surface area (Å²) < 4.78 is 39.1. The summed E-state index contributed by atoms with van der Waals surface area (Å²) in [6.45, 7) is 1.85. The zero-order valence-corrected chi connectivity index (χ0v) is 8.99. The first-order valence-electron chi connectivity index (χ1n) is 4.87. The monoisotopic (exact) mass is 241 g/mol. The minimum atomic E-state index is -4.52. The van der Waals surface area contributed by atoms with Crippen molar-refractivity contribution < 1.29 is 13.2 Å². The zero-order valence-electron chi connectivity index (χ0n) is 8.99. The van der Waals surface area contributed by atoms with Crippen molar-refractivity contribution >= 4 is 5.69 Å². The molecule has 0 spiro atoms. The van der Waals surface area contributed by atoms with E-state index in [4.69, 9.17) is 5.73 Å². The molecule has 0 aliphatic heterocycles. The Balaban J connectivity index is 2.57. The molecule has 1 aromatic carbocycles. The van der Waals surface area contributed by atoms with Crippen LogP contribution in [0.3, 0.4) is 0 Å². The number of hydrogen-bond donors (Lipinski definition) is 1. The van der Waals surface area contributed by atoms with Crippen molar-refractivity contribution in [2.45, 2.75) is 13.1 Å². The van der Waals surface area contributed by atoms with E-state index in [2.05, 4.69) is 5.10 Å². The number of nitrogen functional groups attached to an aromatic ring is 1. The van der Waals surface area contributed by atoms with Crippen LogP contribution >= 0.6 is 0 Å². The first-order valence-corrected chi connectivity index (χ1v) is 4.87. The van der Waals surface area contributed by atoms with Crippen LogP contribution in [0.1, 0.15) is 11.3 Å². The summed E-state index contributed by atoms with van der Waals surface area (Å²) in [5.41, 5.74) is 5.27. The van der Waals surface area contributed by atoms with Gasteiger partial charge in [0.2, 0.25) is 0 Å². The highest BCUT2D eigenvalue weighted by Crippen LogP contribution is 2.34. The molecule has 17 heavy (non-hydrogen) atoms. The average molecular weight is 241 g/mol. The van der Waals surface area contributed by atoms with Gasteiger partial charge in [-0.25, -0.2) is 4.68 Å². The van der Waals surface area contributed by atoms with Crippen LogP contribution in [0.25, 0.3) is 5.69 Å². The summed E-state index contributed by atoms with van der Waals surface area (Å²) in [4.78, 5) is 0. The highest BCUT2D eigenvalue weighted by atomic mass is 19.4. The number of benzene rings is 1. The predicted molar refractivity (Wildman–Crippen MR) is 57.7 cm³/mol. The minimum Gasteiger partial charge on any atom is -0.396 e. The molecule has 0 unspecified atom stereocenters. The van der Waals surface area contributed by atoms with Gasteiger partial charge >= 0.3 is 6.18 Å². The second-order valence-electron chi connectivity index (χ2n) is 3.69. The van der Waals surface area contributed by atoms with Gasteiger partial charge in [0.1, 0.15) is 0 Å². The van der Waals surface area contributed by atoms with Crippen LogP contribution < -0.4 is 5.73 Å². The number of alkyl halides is 3. The SMILES string of the molecule is Cc1ccc(-n2ncc(N)c2C(F)(F)F)cc1. The smallest absolute Gasteiger partial charge is 0.396 e. The summed E-state index contributed by atoms with van der Waals surface area (Å²) in [6.07, 6.45) is -3.52. The topological polar surface area (TPSA) is 43.8 Å². The van der Waals surface area contributed by atoms with Crippen molar-refractivity contribution in [2.24, 2.45) is 0 Å². The molecule has 0 saturated carbocycles. The molecular weight excluding hydrogens is 231 g/mol. The van der Waals surface area contributed by atoms with E-state index in [9.17, 15) is 13.2 Å². The Morgan fingerprint density at radius 3 is 2.29 bits per heavy atom. The molecule has 2 N–H and O–H groups in total. The molecule has 1 heterocycles. The van der Waals surface area contributed by atoms with Crippen molar-refractivity contribution in [1.29, 1.82) is 0 Å². The molecular formula is C11H10F3N3. The highest BCUT2D eigenvalue weighted by Gasteiger charge is 2.38. The van der Waals surface area contributed by atoms with Gasteiger partial charge in [0.15, 0.2) is 5.69 Å². The summed E-state index contributed by atoms with van der Waals surface area (Å²) in [5, 5.41) is 3.65. The molecule has 0 bridgehead atoms. The summed E-state index contributed by atoms with van der Waals surface area (Å²) in [5.74, 6) is 0. The molecule has 2 aromatic rings. The van der Waals surface area contributed by atoms with E-state index in [1.807, 2.05) is 6.92 Å². The maximum Gasteiger partial charge on any atom is 0.435 e. The average Bonchev–Trinajstić information content (AvgIpc) is 2.61. The molecule has 0 radical (unpaired) electrons. The number of aromatic nitrogens is 2. The third-order valence-electron chi connectivity index (χ3n) is 2.34. The third kappa shape index (κ3) is 2.11. The third-order valence-corrected chi connectivity index (χ3v) is 2.34. The van der Waals surface area contributed by atoms with Gasteiger partial charge in [-0.1, -0.05) is 17.7 Å². The van der Waals surface area contributed by atoms with E-state index >= 15 is 0 Å². The van der Waals surface area contributed by atoms with Crippen LogP contribution in [0.5, 0.6) is 0 Å². The van der Waals surface area contributed by atoms with Crippen LogP contribution in [0.2, 0.25) is 0 Å². The predicted octanol–water partition coefficient (Wildman–Crippen LogP) is 2.78. The Bertz CT molecular complexity index is 526. The Hall–Kier alpha value is -1.98. The lowest BCUT2D eigenvalue weighted by atomic mass is 10.2. The normalized spacial score (nSPS) is 11.8. The van der Waals surface area contributed by atoms with E-state index in [0.717, 1.165) is 16.4 Å². The molecule has 0 atom stereocenters. The Labute approximate surface area is 95.7 Å². The van der Waals surface area contributed by atoms with E-state index in [1.165, 1.54) is 0 Å². The number of hydrogen-bond acceptors (Lipinski definition) is 2. The van der Waals surface area contributed by atoms with Crippen LogP contribution in [0, 0.1) is 6.92 Å². The van der Waals surface area contributed by atoms with Crippen LogP contribution in [-0.2, 0) is 6.18 Å². The molecule has 0 aliphatic carbocycles. The minimum absolute atomic E-state index is 0.333. The summed E-state index contributed by atoms with van der Waals surface area (Å²) in [6, 6.07) is 6.56. The first kappa shape index (κ1) is 11.5. The fourth-order valence-electron chi connectivity index (χ4n) is 1.53. The number of aryl methyl sites for hydroxylation is 1. The molecule has 3 nitrogen and oxygen atoms in total. The summed E-state index contributed by atoms with van der Waals surface area (Å²) >= 11 is 0. The van der Waals surface area contributed by atoms with Crippen molar-refractivity contribution in [1.82, 2.24) is 9.78 Å². The van der Waals surface area contributed by atoms with Crippen LogP contribution in [-0.4, -0.2) is 9.78 Å². The van der Waals surface area contributed by atoms with Gasteiger partial charge in [0.05, 0.1) is 17.6 Å². The fourth-order valence-corrected chi connectivity index (χ4v) is 1.53. The lowest BCUT2D eigenvalue weighted by Gasteiger charge is -2.11. The van der Waals surface area contributed by atoms with Gasteiger partial charge in [-0.15, -0.1) is 0 Å². The first-order chi connectivity index (χ1) is 7.89. The van der Waals surface area contributed by atoms with Gasteiger partial charge in [-0.05, 0) is 19.1 Å².